The van der Waals surface area contributed by atoms with Crippen LogP contribution in [0.4, 0.5) is 13.2 Å². The van der Waals surface area contributed by atoms with Gasteiger partial charge in [0.15, 0.2) is 0 Å². The Balaban J connectivity index is 2.05. The molecule has 0 spiro atoms. The van der Waals surface area contributed by atoms with Gasteiger partial charge in [-0.3, -0.25) is 14.2 Å². The molecule has 1 saturated heterocycles. The third-order valence-corrected chi connectivity index (χ3v) is 4.83. The SMILES string of the molecule is CCC1CCCCN1C(=O)Cn1c(=O)c(C(F)(F)F)nc2ccccc21. The van der Waals surface area contributed by atoms with Crippen molar-refractivity contribution in [2.75, 3.05) is 6.54 Å². The van der Waals surface area contributed by atoms with Crippen molar-refractivity contribution in [1.29, 1.82) is 0 Å². The highest BCUT2D eigenvalue weighted by molar-refractivity contribution is 5.80. The topological polar surface area (TPSA) is 55.2 Å². The standard InChI is InChI=1S/C18H20F3N3O2/c1-2-12-7-5-6-10-23(12)15(25)11-24-14-9-4-3-8-13(14)22-16(17(24)26)18(19,20)21/h3-4,8-9,12H,2,5-7,10-11H2,1H3. The number of fused-ring (bicyclic) bond motifs is 1. The first-order valence-corrected chi connectivity index (χ1v) is 8.69. The highest BCUT2D eigenvalue weighted by Gasteiger charge is 2.38. The summed E-state index contributed by atoms with van der Waals surface area (Å²) in [5.41, 5.74) is -2.51. The lowest BCUT2D eigenvalue weighted by Crippen LogP contribution is -2.46. The maximum absolute atomic E-state index is 13.2. The van der Waals surface area contributed by atoms with Gasteiger partial charge in [0.25, 0.3) is 5.56 Å². The fourth-order valence-electron chi connectivity index (χ4n) is 3.51. The van der Waals surface area contributed by atoms with Gasteiger partial charge in [-0.15, -0.1) is 0 Å². The van der Waals surface area contributed by atoms with Crippen LogP contribution < -0.4 is 5.56 Å². The number of nitrogens with zero attached hydrogens (tertiary/aromatic N) is 3. The van der Waals surface area contributed by atoms with Crippen LogP contribution >= 0.6 is 0 Å². The van der Waals surface area contributed by atoms with Gasteiger partial charge in [0.2, 0.25) is 11.6 Å². The predicted octanol–water partition coefficient (Wildman–Crippen LogP) is 3.21. The third-order valence-electron chi connectivity index (χ3n) is 4.83. The Bertz CT molecular complexity index is 876. The Kier molecular flexibility index (Phi) is 5.02. The number of alkyl halides is 3. The molecule has 1 amide bonds. The van der Waals surface area contributed by atoms with Crippen molar-refractivity contribution < 1.29 is 18.0 Å². The van der Waals surface area contributed by atoms with Crippen LogP contribution in [-0.4, -0.2) is 32.9 Å². The fourth-order valence-corrected chi connectivity index (χ4v) is 3.51. The number of piperidine rings is 1. The lowest BCUT2D eigenvalue weighted by atomic mass is 10.00. The molecule has 1 aliphatic heterocycles. The first-order chi connectivity index (χ1) is 12.3. The molecule has 0 aliphatic carbocycles. The monoisotopic (exact) mass is 367 g/mol. The van der Waals surface area contributed by atoms with E-state index >= 15 is 0 Å². The number of amides is 1. The van der Waals surface area contributed by atoms with Crippen LogP contribution in [0.2, 0.25) is 0 Å². The van der Waals surface area contributed by atoms with Gasteiger partial charge in [-0.2, -0.15) is 13.2 Å². The van der Waals surface area contributed by atoms with Crippen molar-refractivity contribution in [2.45, 2.75) is 51.4 Å². The molecule has 0 radical (unpaired) electrons. The summed E-state index contributed by atoms with van der Waals surface area (Å²) in [4.78, 5) is 30.3. The summed E-state index contributed by atoms with van der Waals surface area (Å²) in [5.74, 6) is -0.330. The van der Waals surface area contributed by atoms with Crippen molar-refractivity contribution in [3.05, 3.63) is 40.3 Å². The van der Waals surface area contributed by atoms with E-state index in [-0.39, 0.29) is 23.0 Å². The van der Waals surface area contributed by atoms with Gasteiger partial charge < -0.3 is 4.90 Å². The molecule has 2 aromatic rings. The summed E-state index contributed by atoms with van der Waals surface area (Å²) in [6.07, 6.45) is -1.32. The van der Waals surface area contributed by atoms with Crippen LogP contribution in [0.5, 0.6) is 0 Å². The molecule has 1 atom stereocenters. The number of carbonyl (C=O) groups is 1. The van der Waals surface area contributed by atoms with Gasteiger partial charge in [0.1, 0.15) is 6.54 Å². The summed E-state index contributed by atoms with van der Waals surface area (Å²) in [5, 5.41) is 0. The molecular formula is C18H20F3N3O2. The van der Waals surface area contributed by atoms with Gasteiger partial charge in [0.05, 0.1) is 11.0 Å². The highest BCUT2D eigenvalue weighted by atomic mass is 19.4. The molecule has 2 heterocycles. The lowest BCUT2D eigenvalue weighted by Gasteiger charge is -2.35. The molecule has 1 aromatic heterocycles. The number of likely N-dealkylation sites (tertiary alicyclic amines) is 1. The second kappa shape index (κ2) is 7.09. The largest absolute Gasteiger partial charge is 0.438 e. The zero-order valence-electron chi connectivity index (χ0n) is 14.4. The zero-order valence-corrected chi connectivity index (χ0v) is 14.4. The molecule has 1 aromatic carbocycles. The molecule has 1 aliphatic rings. The van der Waals surface area contributed by atoms with E-state index in [1.54, 1.807) is 17.0 Å². The van der Waals surface area contributed by atoms with Crippen LogP contribution in [0.1, 0.15) is 38.3 Å². The van der Waals surface area contributed by atoms with Crippen molar-refractivity contribution in [3.63, 3.8) is 0 Å². The van der Waals surface area contributed by atoms with Gasteiger partial charge in [0, 0.05) is 12.6 Å². The Morgan fingerprint density at radius 3 is 2.69 bits per heavy atom. The quantitative estimate of drug-likeness (QED) is 0.837. The Hall–Kier alpha value is -2.38. The van der Waals surface area contributed by atoms with Crippen LogP contribution in [0.15, 0.2) is 29.1 Å². The van der Waals surface area contributed by atoms with E-state index in [0.717, 1.165) is 30.3 Å². The van der Waals surface area contributed by atoms with Crippen LogP contribution in [0, 0.1) is 0 Å². The average Bonchev–Trinajstić information content (AvgIpc) is 2.62. The van der Waals surface area contributed by atoms with Crippen LogP contribution in [0.25, 0.3) is 11.0 Å². The van der Waals surface area contributed by atoms with Crippen LogP contribution in [-0.2, 0) is 17.5 Å². The molecular weight excluding hydrogens is 347 g/mol. The Morgan fingerprint density at radius 1 is 1.27 bits per heavy atom. The molecule has 1 unspecified atom stereocenters. The molecule has 0 saturated carbocycles. The first kappa shape index (κ1) is 18.4. The van der Waals surface area contributed by atoms with Gasteiger partial charge in [-0.05, 0) is 37.8 Å². The molecule has 0 N–H and O–H groups in total. The fraction of sp³-hybridized carbons (Fsp3) is 0.500. The first-order valence-electron chi connectivity index (χ1n) is 8.69. The molecule has 26 heavy (non-hydrogen) atoms. The minimum Gasteiger partial charge on any atom is -0.338 e. The van der Waals surface area contributed by atoms with E-state index in [2.05, 4.69) is 4.98 Å². The smallest absolute Gasteiger partial charge is 0.338 e. The van der Waals surface area contributed by atoms with E-state index < -0.39 is 24.0 Å². The normalized spacial score (nSPS) is 18.3. The van der Waals surface area contributed by atoms with Gasteiger partial charge >= 0.3 is 6.18 Å². The van der Waals surface area contributed by atoms with E-state index in [9.17, 15) is 22.8 Å². The summed E-state index contributed by atoms with van der Waals surface area (Å²) in [6.45, 7) is 2.13. The van der Waals surface area contributed by atoms with E-state index in [0.29, 0.717) is 6.54 Å². The predicted molar refractivity (Wildman–Crippen MR) is 90.6 cm³/mol. The highest BCUT2D eigenvalue weighted by Crippen LogP contribution is 2.26. The van der Waals surface area contributed by atoms with E-state index in [1.165, 1.54) is 12.1 Å². The summed E-state index contributed by atoms with van der Waals surface area (Å²) < 4.78 is 40.5. The van der Waals surface area contributed by atoms with Crippen LogP contribution in [0.3, 0.4) is 0 Å². The van der Waals surface area contributed by atoms with E-state index in [1.807, 2.05) is 6.92 Å². The zero-order chi connectivity index (χ0) is 18.9. The molecule has 5 nitrogen and oxygen atoms in total. The number of hydrogen-bond donors (Lipinski definition) is 0. The maximum Gasteiger partial charge on any atom is 0.438 e. The summed E-state index contributed by atoms with van der Waals surface area (Å²) in [6, 6.07) is 6.13. The van der Waals surface area contributed by atoms with Crippen molar-refractivity contribution in [1.82, 2.24) is 14.5 Å². The number of para-hydroxylation sites is 2. The van der Waals surface area contributed by atoms with Gasteiger partial charge in [-0.1, -0.05) is 19.1 Å². The minimum atomic E-state index is -4.87. The second-order valence-corrected chi connectivity index (χ2v) is 6.48. The second-order valence-electron chi connectivity index (χ2n) is 6.48. The van der Waals surface area contributed by atoms with Crippen molar-refractivity contribution in [3.8, 4) is 0 Å². The number of carbonyl (C=O) groups excluding carboxylic acids is 1. The van der Waals surface area contributed by atoms with Crippen molar-refractivity contribution in [2.24, 2.45) is 0 Å². The van der Waals surface area contributed by atoms with Gasteiger partial charge in [-0.25, -0.2) is 4.98 Å². The number of halogens is 3. The minimum absolute atomic E-state index is 0.0397. The van der Waals surface area contributed by atoms with E-state index in [4.69, 9.17) is 0 Å². The molecule has 8 heteroatoms. The molecule has 0 bridgehead atoms. The third kappa shape index (κ3) is 3.45. The number of aromatic nitrogens is 2. The molecule has 3 rings (SSSR count). The van der Waals surface area contributed by atoms with Crippen molar-refractivity contribution >= 4 is 16.9 Å². The summed E-state index contributed by atoms with van der Waals surface area (Å²) in [7, 11) is 0. The summed E-state index contributed by atoms with van der Waals surface area (Å²) >= 11 is 0. The number of benzene rings is 1. The maximum atomic E-state index is 13.2. The Labute approximate surface area is 148 Å². The molecule has 140 valence electrons. The molecule has 1 fully saturated rings. The average molecular weight is 367 g/mol. The number of rotatable bonds is 3. The lowest BCUT2D eigenvalue weighted by molar-refractivity contribution is -0.143. The Morgan fingerprint density at radius 2 is 2.00 bits per heavy atom. The number of hydrogen-bond acceptors (Lipinski definition) is 3.